The number of benzene rings is 2. The number of carbonyl (C=O) groups is 2. The SMILES string of the molecule is CNC(=O)C1Cc2ccccc2N1C(=O)Nc1cccc(C)c1. The molecule has 23 heavy (non-hydrogen) atoms. The number of carbonyl (C=O) groups excluding carboxylic acids is 2. The van der Waals surface area contributed by atoms with Crippen molar-refractivity contribution in [2.24, 2.45) is 0 Å². The Kier molecular flexibility index (Phi) is 4.02. The van der Waals surface area contributed by atoms with Crippen LogP contribution >= 0.6 is 0 Å². The van der Waals surface area contributed by atoms with Crippen molar-refractivity contribution in [2.75, 3.05) is 17.3 Å². The molecule has 1 heterocycles. The molecule has 2 aromatic rings. The highest BCUT2D eigenvalue weighted by Gasteiger charge is 2.37. The third-order valence-electron chi connectivity index (χ3n) is 4.01. The van der Waals surface area contributed by atoms with Gasteiger partial charge in [-0.1, -0.05) is 30.3 Å². The van der Waals surface area contributed by atoms with Crippen LogP contribution in [0.25, 0.3) is 0 Å². The van der Waals surface area contributed by atoms with Crippen molar-refractivity contribution in [3.63, 3.8) is 0 Å². The molecule has 2 N–H and O–H groups in total. The molecule has 1 aliphatic heterocycles. The molecule has 3 amide bonds. The van der Waals surface area contributed by atoms with Crippen LogP contribution in [0.4, 0.5) is 16.2 Å². The fourth-order valence-electron chi connectivity index (χ4n) is 2.92. The first-order chi connectivity index (χ1) is 11.1. The number of aryl methyl sites for hydroxylation is 1. The number of rotatable bonds is 2. The topological polar surface area (TPSA) is 61.4 Å². The van der Waals surface area contributed by atoms with Gasteiger partial charge in [-0.25, -0.2) is 4.79 Å². The summed E-state index contributed by atoms with van der Waals surface area (Å²) in [6.07, 6.45) is 0.525. The van der Waals surface area contributed by atoms with Gasteiger partial charge in [0.1, 0.15) is 6.04 Å². The number of likely N-dealkylation sites (N-methyl/N-ethyl adjacent to an activating group) is 1. The summed E-state index contributed by atoms with van der Waals surface area (Å²) in [6, 6.07) is 14.4. The van der Waals surface area contributed by atoms with Gasteiger partial charge in [-0.3, -0.25) is 9.69 Å². The van der Waals surface area contributed by atoms with E-state index in [-0.39, 0.29) is 11.9 Å². The lowest BCUT2D eigenvalue weighted by atomic mass is 10.1. The van der Waals surface area contributed by atoms with Gasteiger partial charge in [-0.2, -0.15) is 0 Å². The summed E-state index contributed by atoms with van der Waals surface area (Å²) >= 11 is 0. The number of para-hydroxylation sites is 1. The van der Waals surface area contributed by atoms with Crippen LogP contribution in [0, 0.1) is 6.92 Å². The highest BCUT2D eigenvalue weighted by atomic mass is 16.2. The number of nitrogens with one attached hydrogen (secondary N) is 2. The fourth-order valence-corrected chi connectivity index (χ4v) is 2.92. The maximum atomic E-state index is 12.8. The minimum atomic E-state index is -0.526. The van der Waals surface area contributed by atoms with Crippen molar-refractivity contribution in [1.29, 1.82) is 0 Å². The second-order valence-electron chi connectivity index (χ2n) is 5.63. The third kappa shape index (κ3) is 2.90. The van der Waals surface area contributed by atoms with Crippen LogP contribution in [0.15, 0.2) is 48.5 Å². The molecule has 0 aliphatic carbocycles. The minimum Gasteiger partial charge on any atom is -0.357 e. The second-order valence-corrected chi connectivity index (χ2v) is 5.63. The van der Waals surface area contributed by atoms with E-state index < -0.39 is 6.04 Å². The fraction of sp³-hybridized carbons (Fsp3) is 0.222. The van der Waals surface area contributed by atoms with Crippen LogP contribution in [0.2, 0.25) is 0 Å². The molecule has 0 aromatic heterocycles. The molecule has 2 aromatic carbocycles. The van der Waals surface area contributed by atoms with E-state index in [1.54, 1.807) is 7.05 Å². The number of anilines is 2. The van der Waals surface area contributed by atoms with Crippen LogP contribution in [0.5, 0.6) is 0 Å². The summed E-state index contributed by atoms with van der Waals surface area (Å²) in [5.74, 6) is -0.166. The first kappa shape index (κ1) is 15.1. The summed E-state index contributed by atoms with van der Waals surface area (Å²) in [7, 11) is 1.59. The summed E-state index contributed by atoms with van der Waals surface area (Å²) in [6.45, 7) is 1.97. The minimum absolute atomic E-state index is 0.166. The number of fused-ring (bicyclic) bond motifs is 1. The Bertz CT molecular complexity index is 757. The molecule has 0 bridgehead atoms. The summed E-state index contributed by atoms with van der Waals surface area (Å²) in [4.78, 5) is 26.5. The Balaban J connectivity index is 1.90. The molecular formula is C18H19N3O2. The zero-order valence-electron chi connectivity index (χ0n) is 13.2. The lowest BCUT2D eigenvalue weighted by molar-refractivity contribution is -0.121. The first-order valence-electron chi connectivity index (χ1n) is 7.56. The number of hydrogen-bond donors (Lipinski definition) is 2. The molecule has 1 atom stereocenters. The Morgan fingerprint density at radius 1 is 1.13 bits per heavy atom. The van der Waals surface area contributed by atoms with Gasteiger partial charge in [0.25, 0.3) is 0 Å². The predicted molar refractivity (Wildman–Crippen MR) is 90.7 cm³/mol. The molecule has 0 fully saturated rings. The first-order valence-corrected chi connectivity index (χ1v) is 7.56. The van der Waals surface area contributed by atoms with E-state index in [4.69, 9.17) is 0 Å². The molecule has 0 saturated heterocycles. The second kappa shape index (κ2) is 6.12. The van der Waals surface area contributed by atoms with Crippen LogP contribution < -0.4 is 15.5 Å². The Morgan fingerprint density at radius 2 is 1.91 bits per heavy atom. The Morgan fingerprint density at radius 3 is 2.65 bits per heavy atom. The molecule has 5 heteroatoms. The smallest absolute Gasteiger partial charge is 0.327 e. The van der Waals surface area contributed by atoms with Crippen molar-refractivity contribution in [3.05, 3.63) is 59.7 Å². The molecule has 0 saturated carbocycles. The molecule has 118 valence electrons. The highest BCUT2D eigenvalue weighted by molar-refractivity contribution is 6.08. The molecule has 5 nitrogen and oxygen atoms in total. The highest BCUT2D eigenvalue weighted by Crippen LogP contribution is 2.32. The Hall–Kier alpha value is -2.82. The van der Waals surface area contributed by atoms with E-state index in [0.29, 0.717) is 6.42 Å². The largest absolute Gasteiger partial charge is 0.357 e. The van der Waals surface area contributed by atoms with Gasteiger partial charge < -0.3 is 10.6 Å². The standard InChI is InChI=1S/C18H19N3O2/c1-12-6-5-8-14(10-12)20-18(23)21-15-9-4-3-7-13(15)11-16(21)17(22)19-2/h3-10,16H,11H2,1-2H3,(H,19,22)(H,20,23). The van der Waals surface area contributed by atoms with Gasteiger partial charge in [0.2, 0.25) is 5.91 Å². The lowest BCUT2D eigenvalue weighted by Crippen LogP contribution is -2.48. The predicted octanol–water partition coefficient (Wildman–Crippen LogP) is 2.70. The zero-order chi connectivity index (χ0) is 16.4. The summed E-state index contributed by atoms with van der Waals surface area (Å²) in [5.41, 5.74) is 3.56. The quantitative estimate of drug-likeness (QED) is 0.896. The molecule has 1 aliphatic rings. The third-order valence-corrected chi connectivity index (χ3v) is 4.01. The lowest BCUT2D eigenvalue weighted by Gasteiger charge is -2.24. The molecular weight excluding hydrogens is 290 g/mol. The van der Waals surface area contributed by atoms with Gasteiger partial charge in [0.05, 0.1) is 0 Å². The number of amides is 3. The molecule has 0 spiro atoms. The molecule has 1 unspecified atom stereocenters. The molecule has 0 radical (unpaired) electrons. The van der Waals surface area contributed by atoms with E-state index in [1.165, 1.54) is 4.90 Å². The zero-order valence-corrected chi connectivity index (χ0v) is 13.2. The number of urea groups is 1. The maximum Gasteiger partial charge on any atom is 0.327 e. The van der Waals surface area contributed by atoms with Crippen molar-refractivity contribution < 1.29 is 9.59 Å². The van der Waals surface area contributed by atoms with Gasteiger partial charge in [0, 0.05) is 24.8 Å². The van der Waals surface area contributed by atoms with Crippen LogP contribution in [-0.4, -0.2) is 25.0 Å². The average Bonchev–Trinajstić information content (AvgIpc) is 2.93. The van der Waals surface area contributed by atoms with Gasteiger partial charge >= 0.3 is 6.03 Å². The van der Waals surface area contributed by atoms with Crippen LogP contribution in [0.1, 0.15) is 11.1 Å². The van der Waals surface area contributed by atoms with E-state index in [0.717, 1.165) is 22.5 Å². The summed E-state index contributed by atoms with van der Waals surface area (Å²) in [5, 5.41) is 5.52. The van der Waals surface area contributed by atoms with E-state index in [9.17, 15) is 9.59 Å². The van der Waals surface area contributed by atoms with Gasteiger partial charge in [-0.05, 0) is 36.2 Å². The van der Waals surface area contributed by atoms with Gasteiger partial charge in [0.15, 0.2) is 0 Å². The van der Waals surface area contributed by atoms with Crippen molar-refractivity contribution >= 4 is 23.3 Å². The van der Waals surface area contributed by atoms with E-state index >= 15 is 0 Å². The van der Waals surface area contributed by atoms with Crippen molar-refractivity contribution in [3.8, 4) is 0 Å². The van der Waals surface area contributed by atoms with Gasteiger partial charge in [-0.15, -0.1) is 0 Å². The normalized spacial score (nSPS) is 15.9. The van der Waals surface area contributed by atoms with Crippen LogP contribution in [0.3, 0.4) is 0 Å². The molecule has 3 rings (SSSR count). The average molecular weight is 309 g/mol. The van der Waals surface area contributed by atoms with Crippen molar-refractivity contribution in [1.82, 2.24) is 5.32 Å². The number of nitrogens with zero attached hydrogens (tertiary/aromatic N) is 1. The number of hydrogen-bond acceptors (Lipinski definition) is 2. The van der Waals surface area contributed by atoms with E-state index in [2.05, 4.69) is 10.6 Å². The van der Waals surface area contributed by atoms with Crippen molar-refractivity contribution in [2.45, 2.75) is 19.4 Å². The Labute approximate surface area is 135 Å². The monoisotopic (exact) mass is 309 g/mol. The summed E-state index contributed by atoms with van der Waals surface area (Å²) < 4.78 is 0. The van der Waals surface area contributed by atoms with Crippen LogP contribution in [-0.2, 0) is 11.2 Å². The maximum absolute atomic E-state index is 12.8. The van der Waals surface area contributed by atoms with E-state index in [1.807, 2.05) is 55.5 Å².